The summed E-state index contributed by atoms with van der Waals surface area (Å²) in [5.41, 5.74) is 0.0724. The van der Waals surface area contributed by atoms with E-state index in [1.54, 1.807) is 6.92 Å². The minimum Gasteiger partial charge on any atom is -0.488 e. The predicted octanol–water partition coefficient (Wildman–Crippen LogP) is 3.23. The zero-order valence-electron chi connectivity index (χ0n) is 14.2. The Morgan fingerprint density at radius 3 is 2.67 bits per heavy atom. The van der Waals surface area contributed by atoms with Crippen molar-refractivity contribution in [3.8, 4) is 11.8 Å². The molecule has 0 aromatic heterocycles. The van der Waals surface area contributed by atoms with Crippen LogP contribution in [0.1, 0.15) is 45.4 Å². The standard InChI is InChI=1S/C19H25N3O2/c1-19(13-20,14-10-11-14)22-18(23)12-21-16-8-4-5-9-17(16)24-15-6-2-3-7-15/h4-5,8-9,14-15,21H,2-3,6-7,10-12H2,1H3,(H,22,23)/t19-/m1/s1. The van der Waals surface area contributed by atoms with E-state index in [0.29, 0.717) is 0 Å². The van der Waals surface area contributed by atoms with Gasteiger partial charge in [0.2, 0.25) is 5.91 Å². The van der Waals surface area contributed by atoms with Crippen molar-refractivity contribution >= 4 is 11.6 Å². The Balaban J connectivity index is 1.56. The number of anilines is 1. The number of carbonyl (C=O) groups is 1. The summed E-state index contributed by atoms with van der Waals surface area (Å²) in [5.74, 6) is 0.911. The molecule has 0 heterocycles. The minimum absolute atomic E-state index is 0.134. The quantitative estimate of drug-likeness (QED) is 0.806. The van der Waals surface area contributed by atoms with Crippen LogP contribution in [0.25, 0.3) is 0 Å². The third kappa shape index (κ3) is 4.00. The van der Waals surface area contributed by atoms with Gasteiger partial charge in [-0.2, -0.15) is 5.26 Å². The molecule has 2 aliphatic carbocycles. The fraction of sp³-hybridized carbons (Fsp3) is 0.579. The summed E-state index contributed by atoms with van der Waals surface area (Å²) in [4.78, 5) is 12.2. The topological polar surface area (TPSA) is 74.2 Å². The Labute approximate surface area is 143 Å². The predicted molar refractivity (Wildman–Crippen MR) is 92.7 cm³/mol. The molecule has 0 radical (unpaired) electrons. The van der Waals surface area contributed by atoms with E-state index in [2.05, 4.69) is 16.7 Å². The van der Waals surface area contributed by atoms with Gasteiger partial charge in [0.15, 0.2) is 0 Å². The highest BCUT2D eigenvalue weighted by Gasteiger charge is 2.42. The maximum Gasteiger partial charge on any atom is 0.240 e. The molecule has 2 aliphatic rings. The van der Waals surface area contributed by atoms with Crippen LogP contribution in [-0.4, -0.2) is 24.1 Å². The van der Waals surface area contributed by atoms with Gasteiger partial charge >= 0.3 is 0 Å². The highest BCUT2D eigenvalue weighted by atomic mass is 16.5. The number of carbonyl (C=O) groups excluding carboxylic acids is 1. The van der Waals surface area contributed by atoms with Gasteiger partial charge in [0.1, 0.15) is 11.3 Å². The van der Waals surface area contributed by atoms with Crippen molar-refractivity contribution < 1.29 is 9.53 Å². The van der Waals surface area contributed by atoms with Gasteiger partial charge in [-0.05, 0) is 63.5 Å². The molecule has 0 spiro atoms. The van der Waals surface area contributed by atoms with E-state index in [1.165, 1.54) is 12.8 Å². The second-order valence-corrected chi connectivity index (χ2v) is 7.01. The van der Waals surface area contributed by atoms with E-state index in [-0.39, 0.29) is 24.5 Å². The van der Waals surface area contributed by atoms with Crippen molar-refractivity contribution in [3.05, 3.63) is 24.3 Å². The molecular weight excluding hydrogens is 302 g/mol. The van der Waals surface area contributed by atoms with E-state index < -0.39 is 5.54 Å². The first-order valence-electron chi connectivity index (χ1n) is 8.82. The van der Waals surface area contributed by atoms with Crippen LogP contribution in [0.3, 0.4) is 0 Å². The van der Waals surface area contributed by atoms with E-state index in [1.807, 2.05) is 24.3 Å². The van der Waals surface area contributed by atoms with Crippen molar-refractivity contribution in [1.29, 1.82) is 5.26 Å². The number of hydrogen-bond acceptors (Lipinski definition) is 4. The molecule has 0 aliphatic heterocycles. The molecule has 0 unspecified atom stereocenters. The normalized spacial score (nSPS) is 20.0. The first-order valence-corrected chi connectivity index (χ1v) is 8.82. The van der Waals surface area contributed by atoms with E-state index in [4.69, 9.17) is 4.74 Å². The molecule has 24 heavy (non-hydrogen) atoms. The van der Waals surface area contributed by atoms with Crippen LogP contribution in [0, 0.1) is 17.2 Å². The first kappa shape index (κ1) is 16.6. The van der Waals surface area contributed by atoms with Crippen LogP contribution in [-0.2, 0) is 4.79 Å². The van der Waals surface area contributed by atoms with E-state index >= 15 is 0 Å². The van der Waals surface area contributed by atoms with Crippen molar-refractivity contribution in [2.24, 2.45) is 5.92 Å². The van der Waals surface area contributed by atoms with Crippen molar-refractivity contribution in [2.45, 2.75) is 57.1 Å². The van der Waals surface area contributed by atoms with Gasteiger partial charge in [0.05, 0.1) is 24.4 Å². The highest BCUT2D eigenvalue weighted by Crippen LogP contribution is 2.39. The van der Waals surface area contributed by atoms with Gasteiger partial charge in [-0.25, -0.2) is 0 Å². The van der Waals surface area contributed by atoms with Crippen LogP contribution in [0.2, 0.25) is 0 Å². The largest absolute Gasteiger partial charge is 0.488 e. The molecule has 5 nitrogen and oxygen atoms in total. The van der Waals surface area contributed by atoms with Crippen molar-refractivity contribution in [3.63, 3.8) is 0 Å². The number of ether oxygens (including phenoxy) is 1. The monoisotopic (exact) mass is 327 g/mol. The molecule has 5 heteroatoms. The second-order valence-electron chi connectivity index (χ2n) is 7.01. The number of nitrogens with zero attached hydrogens (tertiary/aromatic N) is 1. The number of nitrogens with one attached hydrogen (secondary N) is 2. The zero-order chi connectivity index (χ0) is 17.0. The van der Waals surface area contributed by atoms with Crippen LogP contribution >= 0.6 is 0 Å². The van der Waals surface area contributed by atoms with Crippen molar-refractivity contribution in [1.82, 2.24) is 5.32 Å². The number of para-hydroxylation sites is 2. The van der Waals surface area contributed by atoms with E-state index in [9.17, 15) is 10.1 Å². The molecule has 1 aromatic carbocycles. The number of hydrogen-bond donors (Lipinski definition) is 2. The SMILES string of the molecule is C[C@](C#N)(NC(=O)CNc1ccccc1OC1CCCC1)C1CC1. The Bertz CT molecular complexity index is 630. The summed E-state index contributed by atoms with van der Waals surface area (Å²) < 4.78 is 6.06. The van der Waals surface area contributed by atoms with Gasteiger partial charge in [-0.3, -0.25) is 4.79 Å². The molecular formula is C19H25N3O2. The van der Waals surface area contributed by atoms with Crippen LogP contribution < -0.4 is 15.4 Å². The number of nitriles is 1. The average Bonchev–Trinajstić information content (AvgIpc) is 3.33. The Hall–Kier alpha value is -2.22. The maximum atomic E-state index is 12.2. The maximum absolute atomic E-state index is 12.2. The summed E-state index contributed by atoms with van der Waals surface area (Å²) >= 11 is 0. The fourth-order valence-electron chi connectivity index (χ4n) is 3.29. The average molecular weight is 327 g/mol. The molecule has 0 bridgehead atoms. The molecule has 2 N–H and O–H groups in total. The fourth-order valence-corrected chi connectivity index (χ4v) is 3.29. The number of benzene rings is 1. The van der Waals surface area contributed by atoms with Gasteiger partial charge in [0.25, 0.3) is 0 Å². The lowest BCUT2D eigenvalue weighted by Crippen LogP contribution is -2.48. The lowest BCUT2D eigenvalue weighted by atomic mass is 9.98. The molecule has 1 amide bonds. The van der Waals surface area contributed by atoms with Crippen molar-refractivity contribution in [2.75, 3.05) is 11.9 Å². The summed E-state index contributed by atoms with van der Waals surface area (Å²) in [6.45, 7) is 1.94. The lowest BCUT2D eigenvalue weighted by Gasteiger charge is -2.23. The van der Waals surface area contributed by atoms with Crippen LogP contribution in [0.5, 0.6) is 5.75 Å². The van der Waals surface area contributed by atoms with Crippen LogP contribution in [0.15, 0.2) is 24.3 Å². The molecule has 2 fully saturated rings. The first-order chi connectivity index (χ1) is 11.6. The second kappa shape index (κ2) is 7.12. The van der Waals surface area contributed by atoms with Crippen LogP contribution in [0.4, 0.5) is 5.69 Å². The molecule has 0 saturated heterocycles. The van der Waals surface area contributed by atoms with Gasteiger partial charge < -0.3 is 15.4 Å². The number of rotatable bonds is 7. The molecule has 1 atom stereocenters. The van der Waals surface area contributed by atoms with Gasteiger partial charge in [-0.1, -0.05) is 12.1 Å². The molecule has 128 valence electrons. The molecule has 3 rings (SSSR count). The minimum atomic E-state index is -0.751. The van der Waals surface area contributed by atoms with E-state index in [0.717, 1.165) is 37.1 Å². The highest BCUT2D eigenvalue weighted by molar-refractivity contribution is 5.82. The Kier molecular flexibility index (Phi) is 4.94. The summed E-state index contributed by atoms with van der Waals surface area (Å²) in [7, 11) is 0. The smallest absolute Gasteiger partial charge is 0.240 e. The summed E-state index contributed by atoms with van der Waals surface area (Å²) in [6, 6.07) is 9.96. The third-order valence-corrected chi connectivity index (χ3v) is 4.95. The Morgan fingerprint density at radius 1 is 1.29 bits per heavy atom. The van der Waals surface area contributed by atoms with Gasteiger partial charge in [0, 0.05) is 0 Å². The van der Waals surface area contributed by atoms with Gasteiger partial charge in [-0.15, -0.1) is 0 Å². The lowest BCUT2D eigenvalue weighted by molar-refractivity contribution is -0.120. The molecule has 1 aromatic rings. The summed E-state index contributed by atoms with van der Waals surface area (Å²) in [6.07, 6.45) is 6.92. The summed E-state index contributed by atoms with van der Waals surface area (Å²) in [5, 5.41) is 15.3. The zero-order valence-corrected chi connectivity index (χ0v) is 14.2. The molecule has 2 saturated carbocycles. The Morgan fingerprint density at radius 2 is 2.00 bits per heavy atom. The third-order valence-electron chi connectivity index (χ3n) is 4.95. The number of amides is 1.